The molecule has 0 heterocycles. The van der Waals surface area contributed by atoms with E-state index >= 15 is 0 Å². The van der Waals surface area contributed by atoms with Gasteiger partial charge in [0.25, 0.3) is 0 Å². The van der Waals surface area contributed by atoms with E-state index in [9.17, 15) is 18.3 Å². The molecule has 1 aromatic rings. The minimum Gasteiger partial charge on any atom is -0.550 e. The van der Waals surface area contributed by atoms with Crippen molar-refractivity contribution >= 4 is 31.9 Å². The number of carboxylic acid groups (broad SMARTS) is 1. The Labute approximate surface area is 102 Å². The lowest BCUT2D eigenvalue weighted by Gasteiger charge is -2.07. The molecule has 0 aromatic heterocycles. The van der Waals surface area contributed by atoms with Crippen LogP contribution in [0.1, 0.15) is 6.42 Å². The van der Waals surface area contributed by atoms with Gasteiger partial charge in [-0.2, -0.15) is 0 Å². The summed E-state index contributed by atoms with van der Waals surface area (Å²) in [4.78, 5) is 10.2. The van der Waals surface area contributed by atoms with Crippen molar-refractivity contribution < 1.29 is 18.3 Å². The molecule has 5 nitrogen and oxygen atoms in total. The highest BCUT2D eigenvalue weighted by Gasteiger charge is 2.12. The first-order valence-electron chi connectivity index (χ1n) is 4.37. The summed E-state index contributed by atoms with van der Waals surface area (Å²) in [7, 11) is -3.65. The van der Waals surface area contributed by atoms with E-state index in [4.69, 9.17) is 0 Å². The Balaban J connectivity index is 2.74. The van der Waals surface area contributed by atoms with Crippen LogP contribution >= 0.6 is 15.9 Å². The maximum absolute atomic E-state index is 11.6. The highest BCUT2D eigenvalue weighted by atomic mass is 79.9. The number of sulfonamides is 1. The average molecular weight is 307 g/mol. The summed E-state index contributed by atoms with van der Waals surface area (Å²) in [5.74, 6) is -1.29. The van der Waals surface area contributed by atoms with Gasteiger partial charge in [0.15, 0.2) is 0 Å². The van der Waals surface area contributed by atoms with E-state index in [2.05, 4.69) is 20.7 Å². The molecule has 0 saturated heterocycles. The first-order chi connectivity index (χ1) is 7.42. The van der Waals surface area contributed by atoms with Gasteiger partial charge >= 0.3 is 0 Å². The van der Waals surface area contributed by atoms with Crippen LogP contribution in [0, 0.1) is 0 Å². The lowest BCUT2D eigenvalue weighted by molar-refractivity contribution is -0.305. The molecule has 0 saturated carbocycles. The predicted octanol–water partition coefficient (Wildman–Crippen LogP) is -0.133. The number of benzene rings is 1. The van der Waals surface area contributed by atoms with Crippen LogP contribution in [-0.2, 0) is 14.8 Å². The van der Waals surface area contributed by atoms with E-state index < -0.39 is 16.0 Å². The quantitative estimate of drug-likeness (QED) is 0.821. The molecular formula is C9H9BrNO4S-. The number of carbonyl (C=O) groups is 1. The Morgan fingerprint density at radius 2 is 2.12 bits per heavy atom. The summed E-state index contributed by atoms with van der Waals surface area (Å²) in [6.45, 7) is -0.183. The molecule has 1 aromatic carbocycles. The summed E-state index contributed by atoms with van der Waals surface area (Å²) in [6, 6.07) is 6.13. The van der Waals surface area contributed by atoms with Crippen molar-refractivity contribution in [2.45, 2.75) is 11.3 Å². The lowest BCUT2D eigenvalue weighted by atomic mass is 10.4. The fourth-order valence-corrected chi connectivity index (χ4v) is 2.63. The van der Waals surface area contributed by atoms with Gasteiger partial charge in [0.1, 0.15) is 0 Å². The third-order valence-corrected chi connectivity index (χ3v) is 3.68. The lowest BCUT2D eigenvalue weighted by Crippen LogP contribution is -2.31. The van der Waals surface area contributed by atoms with Gasteiger partial charge in [0.05, 0.1) is 4.90 Å². The number of halogens is 1. The van der Waals surface area contributed by atoms with Gasteiger partial charge in [0.2, 0.25) is 10.0 Å². The zero-order chi connectivity index (χ0) is 12.2. The highest BCUT2D eigenvalue weighted by Crippen LogP contribution is 2.15. The average Bonchev–Trinajstić information content (AvgIpc) is 2.16. The molecule has 1 N–H and O–H groups in total. The van der Waals surface area contributed by atoms with Crippen LogP contribution in [0.3, 0.4) is 0 Å². The molecule has 1 rings (SSSR count). The van der Waals surface area contributed by atoms with Crippen LogP contribution < -0.4 is 9.83 Å². The van der Waals surface area contributed by atoms with Crippen LogP contribution in [-0.4, -0.2) is 20.9 Å². The van der Waals surface area contributed by atoms with Crippen LogP contribution in [0.15, 0.2) is 33.6 Å². The highest BCUT2D eigenvalue weighted by molar-refractivity contribution is 9.10. The third-order valence-electron chi connectivity index (χ3n) is 1.73. The fourth-order valence-electron chi connectivity index (χ4n) is 1.00. The van der Waals surface area contributed by atoms with Crippen molar-refractivity contribution in [2.24, 2.45) is 0 Å². The summed E-state index contributed by atoms with van der Waals surface area (Å²) in [6.07, 6.45) is -0.354. The van der Waals surface area contributed by atoms with Crippen molar-refractivity contribution in [1.82, 2.24) is 4.72 Å². The van der Waals surface area contributed by atoms with Gasteiger partial charge < -0.3 is 9.90 Å². The molecular weight excluding hydrogens is 298 g/mol. The number of aliphatic carboxylic acids is 1. The minimum absolute atomic E-state index is 0.0835. The molecule has 0 fully saturated rings. The smallest absolute Gasteiger partial charge is 0.240 e. The molecule has 0 spiro atoms. The van der Waals surface area contributed by atoms with Crippen molar-refractivity contribution in [3.05, 3.63) is 28.7 Å². The van der Waals surface area contributed by atoms with E-state index in [0.29, 0.717) is 4.47 Å². The topological polar surface area (TPSA) is 86.3 Å². The molecule has 16 heavy (non-hydrogen) atoms. The molecule has 0 aliphatic carbocycles. The predicted molar refractivity (Wildman–Crippen MR) is 59.0 cm³/mol. The number of nitrogens with one attached hydrogen (secondary N) is 1. The molecule has 7 heteroatoms. The normalized spacial score (nSPS) is 11.3. The SMILES string of the molecule is O=C([O-])CCNS(=O)(=O)c1cccc(Br)c1. The monoisotopic (exact) mass is 306 g/mol. The van der Waals surface area contributed by atoms with E-state index in [1.165, 1.54) is 12.1 Å². The molecule has 0 unspecified atom stereocenters. The molecule has 0 aliphatic rings. The molecule has 0 bridgehead atoms. The van der Waals surface area contributed by atoms with Gasteiger partial charge in [0, 0.05) is 23.4 Å². The van der Waals surface area contributed by atoms with Crippen LogP contribution in [0.4, 0.5) is 0 Å². The fraction of sp³-hybridized carbons (Fsp3) is 0.222. The van der Waals surface area contributed by atoms with Gasteiger partial charge in [-0.15, -0.1) is 0 Å². The summed E-state index contributed by atoms with van der Waals surface area (Å²) in [5, 5.41) is 10.1. The first kappa shape index (κ1) is 13.1. The molecule has 0 amide bonds. The van der Waals surface area contributed by atoms with Gasteiger partial charge in [-0.05, 0) is 18.2 Å². The zero-order valence-electron chi connectivity index (χ0n) is 8.14. The van der Waals surface area contributed by atoms with Crippen LogP contribution in [0.2, 0.25) is 0 Å². The second-order valence-corrected chi connectivity index (χ2v) is 5.66. The number of rotatable bonds is 5. The second kappa shape index (κ2) is 5.42. The van der Waals surface area contributed by atoms with Crippen molar-refractivity contribution in [3.8, 4) is 0 Å². The molecule has 88 valence electrons. The van der Waals surface area contributed by atoms with Crippen LogP contribution in [0.5, 0.6) is 0 Å². The maximum Gasteiger partial charge on any atom is 0.240 e. The van der Waals surface area contributed by atoms with Crippen molar-refractivity contribution in [2.75, 3.05) is 6.54 Å². The Kier molecular flexibility index (Phi) is 4.45. The Morgan fingerprint density at radius 1 is 1.44 bits per heavy atom. The first-order valence-corrected chi connectivity index (χ1v) is 6.64. The number of hydrogen-bond acceptors (Lipinski definition) is 4. The van der Waals surface area contributed by atoms with Crippen LogP contribution in [0.25, 0.3) is 0 Å². The summed E-state index contributed by atoms with van der Waals surface area (Å²) < 4.78 is 26.0. The van der Waals surface area contributed by atoms with Crippen molar-refractivity contribution in [1.29, 1.82) is 0 Å². The summed E-state index contributed by atoms with van der Waals surface area (Å²) >= 11 is 3.15. The zero-order valence-corrected chi connectivity index (χ0v) is 10.5. The molecule has 0 aliphatic heterocycles. The summed E-state index contributed by atoms with van der Waals surface area (Å²) in [5.41, 5.74) is 0. The van der Waals surface area contributed by atoms with Gasteiger partial charge in [-0.25, -0.2) is 13.1 Å². The Hall–Kier alpha value is -0.920. The Morgan fingerprint density at radius 3 is 2.69 bits per heavy atom. The van der Waals surface area contributed by atoms with Crippen molar-refractivity contribution in [3.63, 3.8) is 0 Å². The third kappa shape index (κ3) is 3.92. The number of carbonyl (C=O) groups excluding carboxylic acids is 1. The minimum atomic E-state index is -3.65. The number of hydrogen-bond donors (Lipinski definition) is 1. The second-order valence-electron chi connectivity index (χ2n) is 2.98. The number of carboxylic acids is 1. The Bertz CT molecular complexity index is 486. The van der Waals surface area contributed by atoms with Gasteiger partial charge in [-0.1, -0.05) is 22.0 Å². The van der Waals surface area contributed by atoms with E-state index in [1.807, 2.05) is 0 Å². The molecule has 0 atom stereocenters. The van der Waals surface area contributed by atoms with E-state index in [-0.39, 0.29) is 17.9 Å². The van der Waals surface area contributed by atoms with Gasteiger partial charge in [-0.3, -0.25) is 0 Å². The molecule has 0 radical (unpaired) electrons. The maximum atomic E-state index is 11.6. The standard InChI is InChI=1S/C9H10BrNO4S/c10-7-2-1-3-8(6-7)16(14,15)11-5-4-9(12)13/h1-3,6,11H,4-5H2,(H,12,13)/p-1. The largest absolute Gasteiger partial charge is 0.550 e. The van der Waals surface area contributed by atoms with E-state index in [1.54, 1.807) is 12.1 Å². The van der Waals surface area contributed by atoms with E-state index in [0.717, 1.165) is 0 Å².